The first-order chi connectivity index (χ1) is 12.7. The van der Waals surface area contributed by atoms with Crippen molar-refractivity contribution in [3.8, 4) is 11.3 Å². The van der Waals surface area contributed by atoms with E-state index in [0.29, 0.717) is 0 Å². The summed E-state index contributed by atoms with van der Waals surface area (Å²) in [5, 5.41) is 4.28. The molecule has 2 aromatic carbocycles. The summed E-state index contributed by atoms with van der Waals surface area (Å²) in [6.07, 6.45) is 0. The van der Waals surface area contributed by atoms with E-state index < -0.39 is 0 Å². The number of hydrogen-bond acceptors (Lipinski definition) is 3. The van der Waals surface area contributed by atoms with Crippen LogP contribution in [-0.2, 0) is 6.54 Å². The molecular formula is C21H23FN3O+. The molecule has 0 unspecified atom stereocenters. The number of piperazine rings is 1. The number of nitrogens with one attached hydrogen (secondary N) is 1. The predicted octanol–water partition coefficient (Wildman–Crippen LogP) is 2.69. The maximum atomic E-state index is 13.1. The molecule has 4 nitrogen and oxygen atoms in total. The van der Waals surface area contributed by atoms with Crippen molar-refractivity contribution in [2.24, 2.45) is 0 Å². The Morgan fingerprint density at radius 3 is 2.42 bits per heavy atom. The van der Waals surface area contributed by atoms with Gasteiger partial charge in [0.1, 0.15) is 18.1 Å². The molecular weight excluding hydrogens is 329 g/mol. The lowest BCUT2D eigenvalue weighted by Gasteiger charge is -2.33. The monoisotopic (exact) mass is 352 g/mol. The van der Waals surface area contributed by atoms with Crippen LogP contribution in [0.15, 0.2) is 59.1 Å². The fourth-order valence-electron chi connectivity index (χ4n) is 3.54. The highest BCUT2D eigenvalue weighted by atomic mass is 19.1. The van der Waals surface area contributed by atoms with Crippen LogP contribution in [0.5, 0.6) is 0 Å². The zero-order valence-corrected chi connectivity index (χ0v) is 14.9. The van der Waals surface area contributed by atoms with E-state index in [4.69, 9.17) is 4.52 Å². The molecule has 0 saturated carbocycles. The average Bonchev–Trinajstić information content (AvgIpc) is 3.04. The van der Waals surface area contributed by atoms with Crippen molar-refractivity contribution >= 4 is 5.69 Å². The summed E-state index contributed by atoms with van der Waals surface area (Å²) in [4.78, 5) is 3.95. The first-order valence-electron chi connectivity index (χ1n) is 9.05. The highest BCUT2D eigenvalue weighted by Crippen LogP contribution is 2.25. The standard InChI is InChI=1S/C21H22FN3O/c1-16-20(23-26-21(16)17-7-9-18(22)10-8-17)15-24-11-13-25(14-12-24)19-5-3-2-4-6-19/h2-10H,11-15H2,1H3/p+1. The molecule has 3 aromatic rings. The number of hydrogen-bond donors (Lipinski definition) is 1. The largest absolute Gasteiger partial charge is 0.360 e. The summed E-state index contributed by atoms with van der Waals surface area (Å²) in [7, 11) is 0. The summed E-state index contributed by atoms with van der Waals surface area (Å²) in [6, 6.07) is 16.9. The molecule has 0 bridgehead atoms. The van der Waals surface area contributed by atoms with Crippen LogP contribution in [0.2, 0.25) is 0 Å². The predicted molar refractivity (Wildman–Crippen MR) is 99.7 cm³/mol. The number of rotatable bonds is 4. The number of aromatic nitrogens is 1. The van der Waals surface area contributed by atoms with Gasteiger partial charge in [-0.1, -0.05) is 23.4 Å². The van der Waals surface area contributed by atoms with Gasteiger partial charge >= 0.3 is 0 Å². The quantitative estimate of drug-likeness (QED) is 0.784. The third kappa shape index (κ3) is 3.48. The van der Waals surface area contributed by atoms with Gasteiger partial charge in [-0.2, -0.15) is 0 Å². The zero-order chi connectivity index (χ0) is 17.9. The minimum atomic E-state index is -0.244. The molecule has 1 aromatic heterocycles. The molecule has 1 aliphatic rings. The van der Waals surface area contributed by atoms with Crippen molar-refractivity contribution in [3.05, 3.63) is 71.7 Å². The number of benzene rings is 2. The highest BCUT2D eigenvalue weighted by Gasteiger charge is 2.23. The van der Waals surface area contributed by atoms with Gasteiger partial charge in [0.15, 0.2) is 5.76 Å². The molecule has 5 heteroatoms. The lowest BCUT2D eigenvalue weighted by atomic mass is 10.1. The Labute approximate surface area is 152 Å². The van der Waals surface area contributed by atoms with Crippen LogP contribution < -0.4 is 9.80 Å². The van der Waals surface area contributed by atoms with Crippen LogP contribution in [0.3, 0.4) is 0 Å². The minimum absolute atomic E-state index is 0.244. The van der Waals surface area contributed by atoms with Gasteiger partial charge in [-0.15, -0.1) is 0 Å². The molecule has 2 heterocycles. The normalized spacial score (nSPS) is 15.4. The Bertz CT molecular complexity index is 853. The molecule has 1 saturated heterocycles. The number of quaternary nitrogens is 1. The van der Waals surface area contributed by atoms with Crippen molar-refractivity contribution in [2.45, 2.75) is 13.5 Å². The van der Waals surface area contributed by atoms with Crippen LogP contribution >= 0.6 is 0 Å². The van der Waals surface area contributed by atoms with Crippen LogP contribution in [0.1, 0.15) is 11.3 Å². The van der Waals surface area contributed by atoms with E-state index in [0.717, 1.165) is 55.3 Å². The van der Waals surface area contributed by atoms with Crippen LogP contribution in [-0.4, -0.2) is 31.3 Å². The third-order valence-corrected chi connectivity index (χ3v) is 5.14. The van der Waals surface area contributed by atoms with Gasteiger partial charge in [0.05, 0.1) is 26.2 Å². The summed E-state index contributed by atoms with van der Waals surface area (Å²) in [5.41, 5.74) is 4.20. The van der Waals surface area contributed by atoms with E-state index in [-0.39, 0.29) is 5.82 Å². The van der Waals surface area contributed by atoms with Crippen molar-refractivity contribution in [3.63, 3.8) is 0 Å². The Hall–Kier alpha value is -2.66. The molecule has 1 N–H and O–H groups in total. The van der Waals surface area contributed by atoms with E-state index in [2.05, 4.69) is 40.4 Å². The molecule has 26 heavy (non-hydrogen) atoms. The number of para-hydroxylation sites is 1. The highest BCUT2D eigenvalue weighted by molar-refractivity contribution is 5.61. The van der Waals surface area contributed by atoms with Crippen LogP contribution in [0.4, 0.5) is 10.1 Å². The van der Waals surface area contributed by atoms with E-state index in [1.54, 1.807) is 12.1 Å². The second-order valence-electron chi connectivity index (χ2n) is 6.84. The molecule has 0 atom stereocenters. The summed E-state index contributed by atoms with van der Waals surface area (Å²) in [5.74, 6) is 0.495. The molecule has 0 spiro atoms. The van der Waals surface area contributed by atoms with E-state index >= 15 is 0 Å². The second-order valence-corrected chi connectivity index (χ2v) is 6.84. The summed E-state index contributed by atoms with van der Waals surface area (Å²) >= 11 is 0. The zero-order valence-electron chi connectivity index (χ0n) is 14.9. The number of halogens is 1. The Balaban J connectivity index is 1.40. The van der Waals surface area contributed by atoms with Gasteiger partial charge in [-0.3, -0.25) is 0 Å². The fraction of sp³-hybridized carbons (Fsp3) is 0.286. The van der Waals surface area contributed by atoms with Crippen molar-refractivity contribution < 1.29 is 13.8 Å². The Morgan fingerprint density at radius 1 is 1.04 bits per heavy atom. The Kier molecular flexibility index (Phi) is 4.71. The molecule has 0 radical (unpaired) electrons. The maximum Gasteiger partial charge on any atom is 0.170 e. The number of nitrogens with zero attached hydrogens (tertiary/aromatic N) is 2. The first kappa shape index (κ1) is 16.8. The number of anilines is 1. The molecule has 1 fully saturated rings. The lowest BCUT2D eigenvalue weighted by Crippen LogP contribution is -3.13. The van der Waals surface area contributed by atoms with E-state index in [9.17, 15) is 4.39 Å². The molecule has 0 amide bonds. The topological polar surface area (TPSA) is 33.7 Å². The van der Waals surface area contributed by atoms with Gasteiger partial charge in [0.2, 0.25) is 0 Å². The summed E-state index contributed by atoms with van der Waals surface area (Å²) in [6.45, 7) is 7.13. The summed E-state index contributed by atoms with van der Waals surface area (Å²) < 4.78 is 18.7. The maximum absolute atomic E-state index is 13.1. The smallest absolute Gasteiger partial charge is 0.170 e. The van der Waals surface area contributed by atoms with Crippen LogP contribution in [0.25, 0.3) is 11.3 Å². The average molecular weight is 352 g/mol. The first-order valence-corrected chi connectivity index (χ1v) is 9.05. The van der Waals surface area contributed by atoms with Crippen molar-refractivity contribution in [1.82, 2.24) is 5.16 Å². The molecule has 1 aliphatic heterocycles. The van der Waals surface area contributed by atoms with Gasteiger partial charge in [-0.25, -0.2) is 4.39 Å². The Morgan fingerprint density at radius 2 is 1.73 bits per heavy atom. The van der Waals surface area contributed by atoms with Gasteiger partial charge < -0.3 is 14.3 Å². The minimum Gasteiger partial charge on any atom is -0.360 e. The van der Waals surface area contributed by atoms with Gasteiger partial charge in [0, 0.05) is 16.8 Å². The SMILES string of the molecule is Cc1c(C[NH+]2CCN(c3ccccc3)CC2)noc1-c1ccc(F)cc1. The molecule has 4 rings (SSSR count). The third-order valence-electron chi connectivity index (χ3n) is 5.14. The van der Waals surface area contributed by atoms with Gasteiger partial charge in [0.25, 0.3) is 0 Å². The van der Waals surface area contributed by atoms with E-state index in [1.165, 1.54) is 22.7 Å². The van der Waals surface area contributed by atoms with E-state index in [1.807, 2.05) is 6.92 Å². The molecule has 134 valence electrons. The van der Waals surface area contributed by atoms with Crippen molar-refractivity contribution in [2.75, 3.05) is 31.1 Å². The fourth-order valence-corrected chi connectivity index (χ4v) is 3.54. The van der Waals surface area contributed by atoms with Gasteiger partial charge in [-0.05, 0) is 43.3 Å². The second kappa shape index (κ2) is 7.30. The lowest BCUT2D eigenvalue weighted by molar-refractivity contribution is -0.914. The molecule has 0 aliphatic carbocycles. The van der Waals surface area contributed by atoms with Crippen molar-refractivity contribution in [1.29, 1.82) is 0 Å². The van der Waals surface area contributed by atoms with Crippen LogP contribution in [0, 0.1) is 12.7 Å².